The molecule has 1 aliphatic carbocycles. The fraction of sp³-hybridized carbons (Fsp3) is 0.588. The topological polar surface area (TPSA) is 118 Å². The molecular formula is C17H21NO7. The number of rotatable bonds is 7. The van der Waals surface area contributed by atoms with Gasteiger partial charge in [0, 0.05) is 25.3 Å². The maximum absolute atomic E-state index is 12.1. The second kappa shape index (κ2) is 8.55. The number of hydrogen-bond donors (Lipinski definition) is 1. The first-order valence-electron chi connectivity index (χ1n) is 8.38. The van der Waals surface area contributed by atoms with Crippen LogP contribution in [0.4, 0.5) is 0 Å². The van der Waals surface area contributed by atoms with Crippen LogP contribution in [0.1, 0.15) is 51.4 Å². The predicted molar refractivity (Wildman–Crippen MR) is 83.6 cm³/mol. The third-order valence-corrected chi connectivity index (χ3v) is 4.58. The van der Waals surface area contributed by atoms with Gasteiger partial charge in [-0.2, -0.15) is 0 Å². The third-order valence-electron chi connectivity index (χ3n) is 4.58. The third kappa shape index (κ3) is 5.51. The van der Waals surface area contributed by atoms with Crippen molar-refractivity contribution in [3.63, 3.8) is 0 Å². The van der Waals surface area contributed by atoms with Crippen molar-refractivity contribution >= 4 is 29.5 Å². The average molecular weight is 351 g/mol. The maximum atomic E-state index is 12.1. The van der Waals surface area contributed by atoms with Crippen molar-refractivity contribution in [2.45, 2.75) is 51.4 Å². The summed E-state index contributed by atoms with van der Waals surface area (Å²) < 4.78 is 0. The number of hydroxylamine groups is 2. The fourth-order valence-corrected chi connectivity index (χ4v) is 3.10. The minimum atomic E-state index is -1.15. The van der Waals surface area contributed by atoms with E-state index in [1.165, 1.54) is 0 Å². The van der Waals surface area contributed by atoms with E-state index in [0.29, 0.717) is 30.2 Å². The molecule has 2 fully saturated rings. The number of aliphatic carboxylic acids is 1. The molecule has 1 heterocycles. The minimum absolute atomic E-state index is 0.0726. The lowest BCUT2D eigenvalue weighted by atomic mass is 9.80. The summed E-state index contributed by atoms with van der Waals surface area (Å²) in [5.74, 6) is -2.96. The molecule has 0 atom stereocenters. The Kier molecular flexibility index (Phi) is 6.44. The molecule has 2 rings (SSSR count). The highest BCUT2D eigenvalue weighted by molar-refractivity contribution is 6.01. The molecule has 8 nitrogen and oxygen atoms in total. The van der Waals surface area contributed by atoms with Crippen LogP contribution in [-0.2, 0) is 28.8 Å². The Bertz CT molecular complexity index is 586. The van der Waals surface area contributed by atoms with Crippen LogP contribution < -0.4 is 0 Å². The van der Waals surface area contributed by atoms with Crippen LogP contribution in [0.25, 0.3) is 0 Å². The number of hydrogen-bond acceptors (Lipinski definition) is 6. The lowest BCUT2D eigenvalue weighted by molar-refractivity contribution is -0.201. The Morgan fingerprint density at radius 3 is 2.20 bits per heavy atom. The molecule has 0 unspecified atom stereocenters. The molecule has 1 aliphatic heterocycles. The molecule has 0 bridgehead atoms. The summed E-state index contributed by atoms with van der Waals surface area (Å²) >= 11 is 0. The van der Waals surface area contributed by atoms with Crippen LogP contribution in [0.15, 0.2) is 12.2 Å². The highest BCUT2D eigenvalue weighted by atomic mass is 16.7. The Morgan fingerprint density at radius 2 is 1.64 bits per heavy atom. The lowest BCUT2D eigenvalue weighted by Gasteiger charge is -2.27. The van der Waals surface area contributed by atoms with Gasteiger partial charge in [0.15, 0.2) is 5.78 Å². The molecule has 2 amide bonds. The summed E-state index contributed by atoms with van der Waals surface area (Å²) in [4.78, 5) is 61.8. The standard InChI is InChI=1S/C17H21NO7/c19-13(7-10-16(22)23)6-3-11-1-4-12(5-2-11)17(24)25-18-14(20)8-9-15(18)21/h7,10-12H,1-6,8-9H2,(H,22,23)/b10-7-. The zero-order chi connectivity index (χ0) is 18.4. The molecule has 0 aromatic carbocycles. The van der Waals surface area contributed by atoms with E-state index in [2.05, 4.69) is 0 Å². The molecule has 8 heteroatoms. The van der Waals surface area contributed by atoms with E-state index in [4.69, 9.17) is 9.94 Å². The number of carboxylic acid groups (broad SMARTS) is 1. The van der Waals surface area contributed by atoms with Gasteiger partial charge in [-0.05, 0) is 44.1 Å². The van der Waals surface area contributed by atoms with Crippen LogP contribution >= 0.6 is 0 Å². The van der Waals surface area contributed by atoms with Gasteiger partial charge in [0.1, 0.15) is 0 Å². The molecule has 0 spiro atoms. The maximum Gasteiger partial charge on any atom is 0.336 e. The zero-order valence-electron chi connectivity index (χ0n) is 13.8. The number of carbonyl (C=O) groups excluding carboxylic acids is 4. The molecule has 2 aliphatic rings. The van der Waals surface area contributed by atoms with E-state index in [9.17, 15) is 24.0 Å². The van der Waals surface area contributed by atoms with E-state index in [1.54, 1.807) is 0 Å². The summed E-state index contributed by atoms with van der Waals surface area (Å²) in [6, 6.07) is 0. The number of carboxylic acids is 1. The molecule has 25 heavy (non-hydrogen) atoms. The SMILES string of the molecule is O=C(O)/C=C\C(=O)CCC1CCC(C(=O)ON2C(=O)CCC2=O)CC1. The van der Waals surface area contributed by atoms with Crippen molar-refractivity contribution in [1.29, 1.82) is 0 Å². The number of carbonyl (C=O) groups is 5. The summed E-state index contributed by atoms with van der Waals surface area (Å²) in [7, 11) is 0. The van der Waals surface area contributed by atoms with Gasteiger partial charge in [-0.25, -0.2) is 9.59 Å². The number of ketones is 1. The Balaban J connectivity index is 1.71. The van der Waals surface area contributed by atoms with Crippen LogP contribution in [-0.4, -0.2) is 39.7 Å². The number of allylic oxidation sites excluding steroid dienone is 1. The zero-order valence-corrected chi connectivity index (χ0v) is 13.8. The lowest BCUT2D eigenvalue weighted by Crippen LogP contribution is -2.35. The van der Waals surface area contributed by atoms with Gasteiger partial charge in [-0.15, -0.1) is 5.06 Å². The van der Waals surface area contributed by atoms with Gasteiger partial charge in [-0.3, -0.25) is 14.4 Å². The molecule has 0 aromatic heterocycles. The van der Waals surface area contributed by atoms with Gasteiger partial charge in [0.2, 0.25) is 0 Å². The van der Waals surface area contributed by atoms with E-state index in [1.807, 2.05) is 0 Å². The molecule has 136 valence electrons. The van der Waals surface area contributed by atoms with Crippen LogP contribution in [0.2, 0.25) is 0 Å². The van der Waals surface area contributed by atoms with Crippen molar-refractivity contribution in [1.82, 2.24) is 5.06 Å². The second-order valence-electron chi connectivity index (χ2n) is 6.39. The van der Waals surface area contributed by atoms with Crippen molar-refractivity contribution in [3.05, 3.63) is 12.2 Å². The first-order valence-corrected chi connectivity index (χ1v) is 8.38. The molecular weight excluding hydrogens is 330 g/mol. The fourth-order valence-electron chi connectivity index (χ4n) is 3.10. The van der Waals surface area contributed by atoms with Crippen LogP contribution in [0.3, 0.4) is 0 Å². The predicted octanol–water partition coefficient (Wildman–Crippen LogP) is 1.39. The molecule has 1 saturated heterocycles. The summed E-state index contributed by atoms with van der Waals surface area (Å²) in [6.07, 6.45) is 5.62. The number of amides is 2. The van der Waals surface area contributed by atoms with Gasteiger partial charge < -0.3 is 9.94 Å². The summed E-state index contributed by atoms with van der Waals surface area (Å²) in [5, 5.41) is 9.04. The molecule has 0 aromatic rings. The normalized spacial score (nSPS) is 23.9. The number of nitrogens with zero attached hydrogens (tertiary/aromatic N) is 1. The van der Waals surface area contributed by atoms with Crippen LogP contribution in [0, 0.1) is 11.8 Å². The van der Waals surface area contributed by atoms with Gasteiger partial charge in [0.05, 0.1) is 5.92 Å². The van der Waals surface area contributed by atoms with Crippen molar-refractivity contribution in [3.8, 4) is 0 Å². The highest BCUT2D eigenvalue weighted by Gasteiger charge is 2.36. The monoisotopic (exact) mass is 351 g/mol. The molecule has 1 saturated carbocycles. The Hall–Kier alpha value is -2.51. The number of imide groups is 1. The average Bonchev–Trinajstić information content (AvgIpc) is 2.90. The minimum Gasteiger partial charge on any atom is -0.478 e. The Labute approximate surface area is 144 Å². The summed E-state index contributed by atoms with van der Waals surface area (Å²) in [6.45, 7) is 0. The van der Waals surface area contributed by atoms with Crippen molar-refractivity contribution in [2.24, 2.45) is 11.8 Å². The smallest absolute Gasteiger partial charge is 0.336 e. The van der Waals surface area contributed by atoms with E-state index < -0.39 is 23.8 Å². The summed E-state index contributed by atoms with van der Waals surface area (Å²) in [5.41, 5.74) is 0. The van der Waals surface area contributed by atoms with Crippen molar-refractivity contribution in [2.75, 3.05) is 0 Å². The largest absolute Gasteiger partial charge is 0.478 e. The van der Waals surface area contributed by atoms with E-state index in [-0.39, 0.29) is 31.0 Å². The van der Waals surface area contributed by atoms with E-state index in [0.717, 1.165) is 25.0 Å². The van der Waals surface area contributed by atoms with Crippen molar-refractivity contribution < 1.29 is 33.9 Å². The van der Waals surface area contributed by atoms with Crippen LogP contribution in [0.5, 0.6) is 0 Å². The van der Waals surface area contributed by atoms with Gasteiger partial charge in [-0.1, -0.05) is 0 Å². The van der Waals surface area contributed by atoms with E-state index >= 15 is 0 Å². The van der Waals surface area contributed by atoms with Gasteiger partial charge in [0.25, 0.3) is 11.8 Å². The first-order chi connectivity index (χ1) is 11.9. The molecule has 0 radical (unpaired) electrons. The first kappa shape index (κ1) is 18.8. The highest BCUT2D eigenvalue weighted by Crippen LogP contribution is 2.32. The quantitative estimate of drug-likeness (QED) is 0.544. The molecule has 1 N–H and O–H groups in total. The second-order valence-corrected chi connectivity index (χ2v) is 6.39. The van der Waals surface area contributed by atoms with Gasteiger partial charge >= 0.3 is 11.9 Å². The Morgan fingerprint density at radius 1 is 1.04 bits per heavy atom.